The van der Waals surface area contributed by atoms with Gasteiger partial charge in [-0.15, -0.1) is 0 Å². The first-order chi connectivity index (χ1) is 33.8. The third kappa shape index (κ3) is 6.55. The van der Waals surface area contributed by atoms with Crippen LogP contribution < -0.4 is 31.1 Å². The summed E-state index contributed by atoms with van der Waals surface area (Å²) >= 11 is 0. The van der Waals surface area contributed by atoms with Crippen LogP contribution in [0.3, 0.4) is 0 Å². The number of hydrogen-bond acceptors (Lipinski definition) is 3. The van der Waals surface area contributed by atoms with Crippen LogP contribution in [0.15, 0.2) is 140 Å². The molecule has 4 heterocycles. The number of rotatable bonds is 2. The van der Waals surface area contributed by atoms with E-state index in [4.69, 9.17) is 0 Å². The molecule has 4 aliphatic heterocycles. The lowest BCUT2D eigenvalue weighted by molar-refractivity contribution is 0.0106. The van der Waals surface area contributed by atoms with Crippen LogP contribution >= 0.6 is 0 Å². The molecule has 0 spiro atoms. The molecular weight excluding hydrogens is 870 g/mol. The maximum Gasteiger partial charge on any atom is 0.252 e. The summed E-state index contributed by atoms with van der Waals surface area (Å²) in [6.07, 6.45) is 4.79. The van der Waals surface area contributed by atoms with Gasteiger partial charge in [-0.2, -0.15) is 0 Å². The monoisotopic (exact) mass is 946 g/mol. The molecular formula is C68H76BN3. The van der Waals surface area contributed by atoms with Gasteiger partial charge < -0.3 is 14.7 Å². The molecule has 1 aliphatic carbocycles. The van der Waals surface area contributed by atoms with E-state index in [9.17, 15) is 0 Å². The maximum atomic E-state index is 2.85. The Hall–Kier alpha value is -6.00. The van der Waals surface area contributed by atoms with Crippen molar-refractivity contribution in [1.82, 2.24) is 0 Å². The number of fused-ring (bicyclic) bond motifs is 12. The molecule has 12 rings (SSSR count). The van der Waals surface area contributed by atoms with Crippen molar-refractivity contribution < 1.29 is 0 Å². The van der Waals surface area contributed by atoms with Crippen molar-refractivity contribution in [2.24, 2.45) is 5.41 Å². The number of para-hydroxylation sites is 1. The second-order valence-corrected chi connectivity index (χ2v) is 27.1. The summed E-state index contributed by atoms with van der Waals surface area (Å²) in [5.74, 6) is 0. The SMILES string of the molecule is CC(C)(C)c1cccc(N2c3cc(C(C)(C)C)ccc3B3c4ccc5cc4N(c4ccc(C(C)(C)C)cc4-c4cccc(c4)C5(C)C)c4cc(N5c6ccccc6C(C)(C)C6(C)CCCCC56C)cc2c43)c1. The Labute approximate surface area is 432 Å². The topological polar surface area (TPSA) is 9.72 Å². The van der Waals surface area contributed by atoms with E-state index in [0.717, 1.165) is 6.42 Å². The quantitative estimate of drug-likeness (QED) is 0.160. The number of hydrogen-bond donors (Lipinski definition) is 0. The van der Waals surface area contributed by atoms with Crippen LogP contribution in [0.25, 0.3) is 11.1 Å². The normalized spacial score (nSPS) is 21.3. The molecule has 4 heteroatoms. The van der Waals surface area contributed by atoms with Crippen LogP contribution in [0.2, 0.25) is 0 Å². The van der Waals surface area contributed by atoms with Gasteiger partial charge in [0.1, 0.15) is 0 Å². The lowest BCUT2D eigenvalue weighted by Crippen LogP contribution is -2.67. The van der Waals surface area contributed by atoms with Gasteiger partial charge in [-0.05, 0) is 151 Å². The molecule has 0 aromatic heterocycles. The van der Waals surface area contributed by atoms with Crippen LogP contribution in [0.5, 0.6) is 0 Å². The fraction of sp³-hybridized carbons (Fsp3) is 0.382. The van der Waals surface area contributed by atoms with Gasteiger partial charge in [0.05, 0.1) is 5.69 Å². The molecule has 7 aromatic rings. The molecule has 2 atom stereocenters. The van der Waals surface area contributed by atoms with Gasteiger partial charge in [-0.1, -0.05) is 195 Å². The minimum atomic E-state index is -0.242. The third-order valence-electron chi connectivity index (χ3n) is 19.3. The lowest BCUT2D eigenvalue weighted by atomic mass is 9.33. The van der Waals surface area contributed by atoms with E-state index >= 15 is 0 Å². The van der Waals surface area contributed by atoms with Crippen molar-refractivity contribution in [1.29, 1.82) is 0 Å². The van der Waals surface area contributed by atoms with Crippen LogP contribution in [0, 0.1) is 5.41 Å². The summed E-state index contributed by atoms with van der Waals surface area (Å²) < 4.78 is 0. The van der Waals surface area contributed by atoms with Crippen LogP contribution in [-0.4, -0.2) is 12.3 Å². The average Bonchev–Trinajstić information content (AvgIpc) is 3.33. The Bertz CT molecular complexity index is 3390. The Balaban J connectivity index is 1.26. The van der Waals surface area contributed by atoms with Crippen molar-refractivity contribution in [3.8, 4) is 11.1 Å². The number of benzene rings is 7. The predicted molar refractivity (Wildman–Crippen MR) is 311 cm³/mol. The second-order valence-electron chi connectivity index (χ2n) is 27.1. The van der Waals surface area contributed by atoms with Gasteiger partial charge in [0.15, 0.2) is 0 Å². The first-order valence-electron chi connectivity index (χ1n) is 27.2. The van der Waals surface area contributed by atoms with Crippen molar-refractivity contribution in [3.63, 3.8) is 0 Å². The molecule has 0 N–H and O–H groups in total. The molecule has 1 saturated carbocycles. The zero-order valence-electron chi connectivity index (χ0n) is 46.0. The molecule has 72 heavy (non-hydrogen) atoms. The molecule has 4 bridgehead atoms. The zero-order chi connectivity index (χ0) is 50.9. The summed E-state index contributed by atoms with van der Waals surface area (Å²) in [6.45, 7) is 36.4. The van der Waals surface area contributed by atoms with E-state index in [1.54, 1.807) is 0 Å². The van der Waals surface area contributed by atoms with E-state index in [2.05, 4.69) is 258 Å². The molecule has 5 aliphatic rings. The minimum Gasteiger partial charge on any atom is -0.335 e. The highest BCUT2D eigenvalue weighted by Crippen LogP contribution is 2.66. The third-order valence-corrected chi connectivity index (χ3v) is 19.3. The number of anilines is 8. The summed E-state index contributed by atoms with van der Waals surface area (Å²) in [7, 11) is 0. The van der Waals surface area contributed by atoms with Crippen molar-refractivity contribution in [3.05, 3.63) is 173 Å². The van der Waals surface area contributed by atoms with Crippen LogP contribution in [-0.2, 0) is 27.1 Å². The van der Waals surface area contributed by atoms with Gasteiger partial charge in [0, 0.05) is 61.7 Å². The summed E-state index contributed by atoms with van der Waals surface area (Å²) in [5, 5.41) is 0. The summed E-state index contributed by atoms with van der Waals surface area (Å²) in [6, 6.07) is 56.0. The highest BCUT2D eigenvalue weighted by Gasteiger charge is 2.62. The fourth-order valence-electron chi connectivity index (χ4n) is 14.3. The molecule has 7 aromatic carbocycles. The van der Waals surface area contributed by atoms with E-state index in [1.165, 1.54) is 126 Å². The van der Waals surface area contributed by atoms with Gasteiger partial charge >= 0.3 is 0 Å². The van der Waals surface area contributed by atoms with E-state index < -0.39 is 0 Å². The Kier molecular flexibility index (Phi) is 9.98. The Morgan fingerprint density at radius 1 is 0.444 bits per heavy atom. The van der Waals surface area contributed by atoms with E-state index in [-0.39, 0.29) is 44.7 Å². The summed E-state index contributed by atoms with van der Waals surface area (Å²) in [5.41, 5.74) is 24.3. The smallest absolute Gasteiger partial charge is 0.252 e. The molecule has 0 saturated heterocycles. The average molecular weight is 946 g/mol. The first-order valence-corrected chi connectivity index (χ1v) is 27.2. The standard InChI is InChI=1S/C68H76BN3/c1-62(2,3)44-23-21-25-49(37-44)70-57-39-46(64(7,8)9)28-31-53(57)69-54-32-29-48-40-58(54)71(55-33-30-45(63(4,5)6)38-51(55)43-22-20-24-47(36-43)65(48,10)11)60-42-50(41-59(70)61(60)69)72-56-27-17-16-26-52(56)66(12,13)67(14)34-18-19-35-68(67,72)15/h16-17,20-33,36-42H,18-19,34-35H2,1-15H3. The molecule has 3 nitrogen and oxygen atoms in total. The fourth-order valence-corrected chi connectivity index (χ4v) is 14.3. The van der Waals surface area contributed by atoms with Crippen molar-refractivity contribution >= 4 is 68.6 Å². The highest BCUT2D eigenvalue weighted by molar-refractivity contribution is 7.00. The summed E-state index contributed by atoms with van der Waals surface area (Å²) in [4.78, 5) is 8.25. The highest BCUT2D eigenvalue weighted by atomic mass is 15.3. The zero-order valence-corrected chi connectivity index (χ0v) is 46.0. The van der Waals surface area contributed by atoms with Gasteiger partial charge in [0.2, 0.25) is 0 Å². The number of nitrogens with zero attached hydrogens (tertiary/aromatic N) is 3. The van der Waals surface area contributed by atoms with Crippen LogP contribution in [0.4, 0.5) is 45.5 Å². The largest absolute Gasteiger partial charge is 0.335 e. The molecule has 0 amide bonds. The first kappa shape index (κ1) is 47.0. The van der Waals surface area contributed by atoms with E-state index in [1.807, 2.05) is 0 Å². The molecule has 2 unspecified atom stereocenters. The lowest BCUT2D eigenvalue weighted by Gasteiger charge is -2.66. The molecule has 1 fully saturated rings. The van der Waals surface area contributed by atoms with Crippen molar-refractivity contribution in [2.45, 2.75) is 162 Å². The maximum absolute atomic E-state index is 2.85. The second kappa shape index (κ2) is 15.3. The minimum absolute atomic E-state index is 0.000275. The Morgan fingerprint density at radius 3 is 1.76 bits per heavy atom. The molecule has 366 valence electrons. The molecule has 0 radical (unpaired) electrons. The van der Waals surface area contributed by atoms with Crippen LogP contribution in [0.1, 0.15) is 163 Å². The van der Waals surface area contributed by atoms with Crippen molar-refractivity contribution in [2.75, 3.05) is 14.7 Å². The van der Waals surface area contributed by atoms with Gasteiger partial charge in [-0.25, -0.2) is 0 Å². The van der Waals surface area contributed by atoms with E-state index in [0.29, 0.717) is 0 Å². The van der Waals surface area contributed by atoms with Gasteiger partial charge in [0.25, 0.3) is 6.71 Å². The predicted octanol–water partition coefficient (Wildman–Crippen LogP) is 16.7. The Morgan fingerprint density at radius 2 is 1.04 bits per heavy atom. The van der Waals surface area contributed by atoms with Gasteiger partial charge in [-0.3, -0.25) is 0 Å².